The molecule has 2 rings (SSSR count). The van der Waals surface area contributed by atoms with Crippen LogP contribution in [0.15, 0.2) is 48.6 Å². The fourth-order valence-electron chi connectivity index (χ4n) is 2.71. The third-order valence-corrected chi connectivity index (χ3v) is 3.99. The monoisotopic (exact) mass is 258 g/mol. The van der Waals surface area contributed by atoms with E-state index in [1.807, 2.05) is 25.1 Å². The number of aryl methyl sites for hydroxylation is 1. The average molecular weight is 258 g/mol. The first-order valence-electron chi connectivity index (χ1n) is 6.28. The summed E-state index contributed by atoms with van der Waals surface area (Å²) in [6, 6.07) is 7.35. The molecule has 19 heavy (non-hydrogen) atoms. The second-order valence-electron chi connectivity index (χ2n) is 5.16. The summed E-state index contributed by atoms with van der Waals surface area (Å²) in [5, 5.41) is 20.6. The largest absolute Gasteiger partial charge is 0.480 e. The third kappa shape index (κ3) is 2.00. The van der Waals surface area contributed by atoms with Gasteiger partial charge in [0.2, 0.25) is 0 Å². The van der Waals surface area contributed by atoms with Gasteiger partial charge in [0.25, 0.3) is 0 Å². The Hall–Kier alpha value is -1.87. The van der Waals surface area contributed by atoms with E-state index in [0.29, 0.717) is 5.56 Å². The number of carboxylic acids is 1. The van der Waals surface area contributed by atoms with Crippen LogP contribution in [0, 0.1) is 12.3 Å². The molecule has 0 fully saturated rings. The number of allylic oxidation sites excluding steroid dienone is 3. The van der Waals surface area contributed by atoms with Crippen LogP contribution in [-0.4, -0.2) is 16.2 Å². The highest BCUT2D eigenvalue weighted by atomic mass is 16.4. The predicted octanol–water partition coefficient (Wildman–Crippen LogP) is 2.79. The molecule has 0 saturated heterocycles. The van der Waals surface area contributed by atoms with Crippen molar-refractivity contribution in [3.8, 4) is 0 Å². The first-order valence-corrected chi connectivity index (χ1v) is 6.28. The minimum absolute atomic E-state index is 0.278. The zero-order chi connectivity index (χ0) is 14.1. The molecule has 2 atom stereocenters. The first kappa shape index (κ1) is 13.6. The highest BCUT2D eigenvalue weighted by Crippen LogP contribution is 2.46. The highest BCUT2D eigenvalue weighted by Gasteiger charge is 2.52. The Bertz CT molecular complexity index is 555. The molecule has 0 amide bonds. The summed E-state index contributed by atoms with van der Waals surface area (Å²) in [6.45, 7) is 3.45. The van der Waals surface area contributed by atoms with Crippen LogP contribution < -0.4 is 0 Å². The number of hydrogen-bond acceptors (Lipinski definition) is 2. The van der Waals surface area contributed by atoms with Gasteiger partial charge >= 0.3 is 5.97 Å². The standard InChI is InChI=1S/C16H18O3/c1-12-8-4-5-9-13(12)15(2,19)16(14(17)18)10-6-3-7-11-16/h3-10,19H,11H2,1-2H3,(H,17,18)/t15-,16-/m0/s1. The third-order valence-electron chi connectivity index (χ3n) is 3.99. The van der Waals surface area contributed by atoms with E-state index >= 15 is 0 Å². The molecule has 0 unspecified atom stereocenters. The second kappa shape index (κ2) is 4.67. The van der Waals surface area contributed by atoms with E-state index in [9.17, 15) is 15.0 Å². The van der Waals surface area contributed by atoms with Gasteiger partial charge < -0.3 is 10.2 Å². The zero-order valence-corrected chi connectivity index (χ0v) is 11.1. The van der Waals surface area contributed by atoms with Crippen molar-refractivity contribution in [2.24, 2.45) is 5.41 Å². The van der Waals surface area contributed by atoms with Crippen molar-refractivity contribution in [1.29, 1.82) is 0 Å². The molecule has 3 heteroatoms. The quantitative estimate of drug-likeness (QED) is 0.876. The summed E-state index contributed by atoms with van der Waals surface area (Å²) in [7, 11) is 0. The summed E-state index contributed by atoms with van der Waals surface area (Å²) in [5.74, 6) is -1.01. The minimum atomic E-state index is -1.47. The van der Waals surface area contributed by atoms with E-state index in [-0.39, 0.29) is 6.42 Å². The van der Waals surface area contributed by atoms with Crippen molar-refractivity contribution in [2.45, 2.75) is 25.9 Å². The van der Waals surface area contributed by atoms with Gasteiger partial charge in [-0.1, -0.05) is 48.6 Å². The second-order valence-corrected chi connectivity index (χ2v) is 5.16. The maximum absolute atomic E-state index is 11.8. The molecule has 3 nitrogen and oxygen atoms in total. The molecule has 0 saturated carbocycles. The van der Waals surface area contributed by atoms with Crippen LogP contribution in [0.25, 0.3) is 0 Å². The molecule has 2 N–H and O–H groups in total. The van der Waals surface area contributed by atoms with Gasteiger partial charge in [-0.05, 0) is 31.4 Å². The molecule has 1 aromatic carbocycles. The molecule has 0 bridgehead atoms. The van der Waals surface area contributed by atoms with Gasteiger partial charge in [-0.3, -0.25) is 4.79 Å². The van der Waals surface area contributed by atoms with E-state index in [4.69, 9.17) is 0 Å². The van der Waals surface area contributed by atoms with Crippen LogP contribution in [0.3, 0.4) is 0 Å². The molecule has 0 radical (unpaired) electrons. The summed E-state index contributed by atoms with van der Waals surface area (Å²) in [6.07, 6.45) is 7.13. The van der Waals surface area contributed by atoms with Gasteiger partial charge in [0.1, 0.15) is 11.0 Å². The van der Waals surface area contributed by atoms with Gasteiger partial charge in [-0.15, -0.1) is 0 Å². The molecule has 0 heterocycles. The number of benzene rings is 1. The van der Waals surface area contributed by atoms with Crippen LogP contribution >= 0.6 is 0 Å². The fraction of sp³-hybridized carbons (Fsp3) is 0.312. The van der Waals surface area contributed by atoms with Crippen molar-refractivity contribution in [1.82, 2.24) is 0 Å². The molecule has 1 aliphatic carbocycles. The Kier molecular flexibility index (Phi) is 3.33. The number of aliphatic hydroxyl groups is 1. The average Bonchev–Trinajstić information content (AvgIpc) is 2.39. The Morgan fingerprint density at radius 2 is 2.00 bits per heavy atom. The number of carbonyl (C=O) groups is 1. The van der Waals surface area contributed by atoms with Crippen molar-refractivity contribution in [3.63, 3.8) is 0 Å². The van der Waals surface area contributed by atoms with Crippen LogP contribution in [0.4, 0.5) is 0 Å². The lowest BCUT2D eigenvalue weighted by Gasteiger charge is -2.41. The number of aliphatic carboxylic acids is 1. The minimum Gasteiger partial charge on any atom is -0.480 e. The van der Waals surface area contributed by atoms with Gasteiger partial charge in [0.15, 0.2) is 0 Å². The summed E-state index contributed by atoms with van der Waals surface area (Å²) in [5.41, 5.74) is -1.26. The van der Waals surface area contributed by atoms with Crippen LogP contribution in [0.1, 0.15) is 24.5 Å². The van der Waals surface area contributed by atoms with E-state index in [2.05, 4.69) is 0 Å². The van der Waals surface area contributed by atoms with E-state index < -0.39 is 17.0 Å². The Labute approximate surface area is 112 Å². The molecule has 0 spiro atoms. The Morgan fingerprint density at radius 1 is 1.32 bits per heavy atom. The summed E-state index contributed by atoms with van der Waals surface area (Å²) in [4.78, 5) is 11.8. The van der Waals surface area contributed by atoms with Crippen molar-refractivity contribution in [3.05, 3.63) is 59.7 Å². The lowest BCUT2D eigenvalue weighted by molar-refractivity contribution is -0.161. The van der Waals surface area contributed by atoms with Crippen LogP contribution in [-0.2, 0) is 10.4 Å². The lowest BCUT2D eigenvalue weighted by atomic mass is 9.65. The highest BCUT2D eigenvalue weighted by molar-refractivity contribution is 5.80. The summed E-state index contributed by atoms with van der Waals surface area (Å²) < 4.78 is 0. The summed E-state index contributed by atoms with van der Waals surface area (Å²) >= 11 is 0. The lowest BCUT2D eigenvalue weighted by Crippen LogP contribution is -2.48. The maximum atomic E-state index is 11.8. The number of rotatable bonds is 3. The Morgan fingerprint density at radius 3 is 2.53 bits per heavy atom. The normalized spacial score (nSPS) is 25.0. The number of carboxylic acid groups (broad SMARTS) is 1. The van der Waals surface area contributed by atoms with Gasteiger partial charge in [-0.25, -0.2) is 0 Å². The molecule has 1 aliphatic rings. The van der Waals surface area contributed by atoms with Crippen molar-refractivity contribution >= 4 is 5.97 Å². The molecular weight excluding hydrogens is 240 g/mol. The molecule has 1 aromatic rings. The molecular formula is C16H18O3. The van der Waals surface area contributed by atoms with Crippen LogP contribution in [0.2, 0.25) is 0 Å². The molecule has 100 valence electrons. The fourth-order valence-corrected chi connectivity index (χ4v) is 2.71. The van der Waals surface area contributed by atoms with Crippen molar-refractivity contribution in [2.75, 3.05) is 0 Å². The SMILES string of the molecule is Cc1ccccc1[C@](C)(O)[C@@]1(C(=O)O)C=CC=CC1. The predicted molar refractivity (Wildman–Crippen MR) is 73.7 cm³/mol. The van der Waals surface area contributed by atoms with Gasteiger partial charge in [0.05, 0.1) is 0 Å². The van der Waals surface area contributed by atoms with Crippen LogP contribution in [0.5, 0.6) is 0 Å². The van der Waals surface area contributed by atoms with E-state index in [0.717, 1.165) is 5.56 Å². The molecule has 0 aromatic heterocycles. The van der Waals surface area contributed by atoms with E-state index in [1.54, 1.807) is 37.3 Å². The first-order chi connectivity index (χ1) is 8.92. The van der Waals surface area contributed by atoms with Gasteiger partial charge in [0, 0.05) is 0 Å². The zero-order valence-electron chi connectivity index (χ0n) is 11.1. The molecule has 0 aliphatic heterocycles. The van der Waals surface area contributed by atoms with Gasteiger partial charge in [-0.2, -0.15) is 0 Å². The van der Waals surface area contributed by atoms with Crippen molar-refractivity contribution < 1.29 is 15.0 Å². The smallest absolute Gasteiger partial charge is 0.317 e. The van der Waals surface area contributed by atoms with E-state index in [1.165, 1.54) is 0 Å². The Balaban J connectivity index is 2.59. The topological polar surface area (TPSA) is 57.5 Å². The number of hydrogen-bond donors (Lipinski definition) is 2. The maximum Gasteiger partial charge on any atom is 0.317 e.